The van der Waals surface area contributed by atoms with Gasteiger partial charge in [0.15, 0.2) is 0 Å². The van der Waals surface area contributed by atoms with E-state index in [0.29, 0.717) is 38.9 Å². The Morgan fingerprint density at radius 1 is 1.08 bits per heavy atom. The van der Waals surface area contributed by atoms with Gasteiger partial charge in [-0.2, -0.15) is 13.2 Å². The highest BCUT2D eigenvalue weighted by atomic mass is 19.4. The lowest BCUT2D eigenvalue weighted by atomic mass is 9.92. The molecule has 0 unspecified atom stereocenters. The summed E-state index contributed by atoms with van der Waals surface area (Å²) in [6.07, 6.45) is -1.45. The van der Waals surface area contributed by atoms with Gasteiger partial charge in [-0.25, -0.2) is 0 Å². The summed E-state index contributed by atoms with van der Waals surface area (Å²) in [7, 11) is 0. The number of likely N-dealkylation sites (tertiary alicyclic amines) is 1. The Morgan fingerprint density at radius 2 is 1.75 bits per heavy atom. The molecular formula is C18H23F3N2O. The second kappa shape index (κ2) is 7.13. The smallest absolute Gasteiger partial charge is 0.338 e. The third kappa shape index (κ3) is 4.50. The molecule has 1 fully saturated rings. The fourth-order valence-corrected chi connectivity index (χ4v) is 3.69. The van der Waals surface area contributed by atoms with Crippen LogP contribution in [0.15, 0.2) is 24.3 Å². The van der Waals surface area contributed by atoms with Gasteiger partial charge < -0.3 is 4.90 Å². The van der Waals surface area contributed by atoms with Crippen LogP contribution in [-0.2, 0) is 17.8 Å². The number of rotatable bonds is 3. The van der Waals surface area contributed by atoms with Crippen LogP contribution in [0.1, 0.15) is 30.4 Å². The SMILES string of the molecule is O=C(CC1CCN(CC(F)(F)F)CC1)N1CCc2ccccc2C1. The van der Waals surface area contributed by atoms with E-state index in [2.05, 4.69) is 12.1 Å². The molecule has 6 heteroatoms. The van der Waals surface area contributed by atoms with Crippen molar-refractivity contribution in [1.82, 2.24) is 9.80 Å². The topological polar surface area (TPSA) is 23.6 Å². The summed E-state index contributed by atoms with van der Waals surface area (Å²) in [4.78, 5) is 15.9. The molecule has 0 aliphatic carbocycles. The highest BCUT2D eigenvalue weighted by Gasteiger charge is 2.33. The highest BCUT2D eigenvalue weighted by Crippen LogP contribution is 2.26. The average Bonchev–Trinajstić information content (AvgIpc) is 2.55. The van der Waals surface area contributed by atoms with Crippen LogP contribution >= 0.6 is 0 Å². The van der Waals surface area contributed by atoms with Crippen molar-refractivity contribution in [3.63, 3.8) is 0 Å². The number of carbonyl (C=O) groups excluding carboxylic acids is 1. The number of nitrogens with zero attached hydrogens (tertiary/aromatic N) is 2. The molecule has 24 heavy (non-hydrogen) atoms. The van der Waals surface area contributed by atoms with Crippen molar-refractivity contribution in [3.8, 4) is 0 Å². The second-order valence-electron chi connectivity index (χ2n) is 6.87. The van der Waals surface area contributed by atoms with Crippen LogP contribution in [0.3, 0.4) is 0 Å². The zero-order chi connectivity index (χ0) is 17.2. The molecule has 2 heterocycles. The first-order valence-electron chi connectivity index (χ1n) is 8.54. The third-order valence-electron chi connectivity index (χ3n) is 5.06. The van der Waals surface area contributed by atoms with Gasteiger partial charge in [0.25, 0.3) is 0 Å². The Balaban J connectivity index is 1.47. The molecule has 1 aromatic carbocycles. The van der Waals surface area contributed by atoms with Gasteiger partial charge in [-0.3, -0.25) is 9.69 Å². The van der Waals surface area contributed by atoms with Crippen LogP contribution in [0.2, 0.25) is 0 Å². The molecule has 2 aliphatic rings. The molecule has 0 radical (unpaired) electrons. The summed E-state index contributed by atoms with van der Waals surface area (Å²) >= 11 is 0. The maximum atomic E-state index is 12.5. The van der Waals surface area contributed by atoms with Crippen LogP contribution in [0.5, 0.6) is 0 Å². The number of fused-ring (bicyclic) bond motifs is 1. The van der Waals surface area contributed by atoms with Gasteiger partial charge in [0, 0.05) is 19.5 Å². The van der Waals surface area contributed by atoms with Crippen LogP contribution < -0.4 is 0 Å². The lowest BCUT2D eigenvalue weighted by Crippen LogP contribution is -2.42. The highest BCUT2D eigenvalue weighted by molar-refractivity contribution is 5.76. The predicted molar refractivity (Wildman–Crippen MR) is 85.4 cm³/mol. The molecule has 0 spiro atoms. The van der Waals surface area contributed by atoms with E-state index in [1.807, 2.05) is 17.0 Å². The van der Waals surface area contributed by atoms with E-state index in [-0.39, 0.29) is 11.8 Å². The molecular weight excluding hydrogens is 317 g/mol. The number of benzene rings is 1. The molecule has 0 bridgehead atoms. The Morgan fingerprint density at radius 3 is 2.42 bits per heavy atom. The molecule has 0 atom stereocenters. The second-order valence-corrected chi connectivity index (χ2v) is 6.87. The molecule has 1 aromatic rings. The summed E-state index contributed by atoms with van der Waals surface area (Å²) in [6.45, 7) is 1.42. The van der Waals surface area contributed by atoms with E-state index in [1.54, 1.807) is 0 Å². The van der Waals surface area contributed by atoms with Crippen molar-refractivity contribution in [1.29, 1.82) is 0 Å². The third-order valence-corrected chi connectivity index (χ3v) is 5.06. The fourth-order valence-electron chi connectivity index (χ4n) is 3.69. The standard InChI is InChI=1S/C18H23F3N2O/c19-18(20,21)13-22-8-5-14(6-9-22)11-17(24)23-10-7-15-3-1-2-4-16(15)12-23/h1-4,14H,5-13H2. The Labute approximate surface area is 140 Å². The van der Waals surface area contributed by atoms with Gasteiger partial charge in [0.2, 0.25) is 5.91 Å². The largest absolute Gasteiger partial charge is 0.401 e. The van der Waals surface area contributed by atoms with Gasteiger partial charge in [0.1, 0.15) is 0 Å². The van der Waals surface area contributed by atoms with Gasteiger partial charge in [-0.15, -0.1) is 0 Å². The van der Waals surface area contributed by atoms with Crippen molar-refractivity contribution >= 4 is 5.91 Å². The average molecular weight is 340 g/mol. The van der Waals surface area contributed by atoms with Crippen molar-refractivity contribution in [2.45, 2.75) is 38.4 Å². The minimum absolute atomic E-state index is 0.138. The van der Waals surface area contributed by atoms with Crippen molar-refractivity contribution in [3.05, 3.63) is 35.4 Å². The molecule has 0 aromatic heterocycles. The van der Waals surface area contributed by atoms with Crippen molar-refractivity contribution < 1.29 is 18.0 Å². The molecule has 2 aliphatic heterocycles. The molecule has 1 amide bonds. The summed E-state index contributed by atoms with van der Waals surface area (Å²) in [5.41, 5.74) is 2.51. The first kappa shape index (κ1) is 17.3. The van der Waals surface area contributed by atoms with E-state index in [4.69, 9.17) is 0 Å². The molecule has 0 saturated carbocycles. The molecule has 3 nitrogen and oxygen atoms in total. The monoisotopic (exact) mass is 340 g/mol. The first-order valence-corrected chi connectivity index (χ1v) is 8.54. The van der Waals surface area contributed by atoms with Gasteiger partial charge in [0.05, 0.1) is 6.54 Å². The first-order chi connectivity index (χ1) is 11.4. The summed E-state index contributed by atoms with van der Waals surface area (Å²) < 4.78 is 37.2. The number of amides is 1. The zero-order valence-corrected chi connectivity index (χ0v) is 13.7. The summed E-state index contributed by atoms with van der Waals surface area (Å²) in [5.74, 6) is 0.345. The number of hydrogen-bond acceptors (Lipinski definition) is 2. The predicted octanol–water partition coefficient (Wildman–Crippen LogP) is 3.24. The van der Waals surface area contributed by atoms with Crippen LogP contribution in [0.25, 0.3) is 0 Å². The number of alkyl halides is 3. The zero-order valence-electron chi connectivity index (χ0n) is 13.7. The Hall–Kier alpha value is -1.56. The van der Waals surface area contributed by atoms with Crippen LogP contribution in [-0.4, -0.2) is 48.1 Å². The minimum Gasteiger partial charge on any atom is -0.338 e. The van der Waals surface area contributed by atoms with E-state index in [9.17, 15) is 18.0 Å². The van der Waals surface area contributed by atoms with Gasteiger partial charge >= 0.3 is 6.18 Å². The fraction of sp³-hybridized carbons (Fsp3) is 0.611. The molecule has 132 valence electrons. The summed E-state index contributed by atoms with van der Waals surface area (Å²) in [5, 5.41) is 0. The van der Waals surface area contributed by atoms with E-state index in [1.165, 1.54) is 16.0 Å². The van der Waals surface area contributed by atoms with Crippen molar-refractivity contribution in [2.24, 2.45) is 5.92 Å². The van der Waals surface area contributed by atoms with Gasteiger partial charge in [-0.1, -0.05) is 24.3 Å². The number of hydrogen-bond donors (Lipinski definition) is 0. The maximum absolute atomic E-state index is 12.5. The van der Waals surface area contributed by atoms with Gasteiger partial charge in [-0.05, 0) is 49.4 Å². The minimum atomic E-state index is -4.14. The normalized spacial score (nSPS) is 20.0. The quantitative estimate of drug-likeness (QED) is 0.843. The number of halogens is 3. The number of piperidine rings is 1. The lowest BCUT2D eigenvalue weighted by Gasteiger charge is -2.34. The van der Waals surface area contributed by atoms with Crippen LogP contribution in [0, 0.1) is 5.92 Å². The maximum Gasteiger partial charge on any atom is 0.401 e. The van der Waals surface area contributed by atoms with E-state index in [0.717, 1.165) is 13.0 Å². The number of carbonyl (C=O) groups is 1. The molecule has 1 saturated heterocycles. The molecule has 3 rings (SSSR count). The van der Waals surface area contributed by atoms with Crippen molar-refractivity contribution in [2.75, 3.05) is 26.2 Å². The summed E-state index contributed by atoms with van der Waals surface area (Å²) in [6, 6.07) is 8.17. The van der Waals surface area contributed by atoms with Crippen LogP contribution in [0.4, 0.5) is 13.2 Å². The lowest BCUT2D eigenvalue weighted by molar-refractivity contribution is -0.149. The van der Waals surface area contributed by atoms with E-state index < -0.39 is 12.7 Å². The Kier molecular flexibility index (Phi) is 5.13. The Bertz CT molecular complexity index is 580. The van der Waals surface area contributed by atoms with E-state index >= 15 is 0 Å². The molecule has 0 N–H and O–H groups in total.